The summed E-state index contributed by atoms with van der Waals surface area (Å²) in [5.41, 5.74) is -2.05. The second-order valence-electron chi connectivity index (χ2n) is 9.17. The van der Waals surface area contributed by atoms with Gasteiger partial charge < -0.3 is 44.0 Å². The van der Waals surface area contributed by atoms with Crippen LogP contribution in [0.5, 0.6) is 17.2 Å². The van der Waals surface area contributed by atoms with Crippen LogP contribution in [0.3, 0.4) is 0 Å². The van der Waals surface area contributed by atoms with Gasteiger partial charge in [-0.05, 0) is 45.0 Å². The predicted octanol–water partition coefficient (Wildman–Crippen LogP) is 2.08. The van der Waals surface area contributed by atoms with Crippen LogP contribution in [0.25, 0.3) is 11.0 Å². The van der Waals surface area contributed by atoms with Gasteiger partial charge in [-0.15, -0.1) is 0 Å². The van der Waals surface area contributed by atoms with Gasteiger partial charge in [-0.25, -0.2) is 4.79 Å². The molecule has 4 N–H and O–H groups in total. The molecule has 3 aromatic rings. The summed E-state index contributed by atoms with van der Waals surface area (Å²) >= 11 is 0. The zero-order chi connectivity index (χ0) is 26.9. The van der Waals surface area contributed by atoms with Crippen LogP contribution in [0, 0.1) is 6.92 Å². The zero-order valence-corrected chi connectivity index (χ0v) is 20.8. The largest absolute Gasteiger partial charge is 0.505 e. The molecule has 0 radical (unpaired) electrons. The first kappa shape index (κ1) is 26.4. The normalized spacial score (nSPS) is 23.0. The van der Waals surface area contributed by atoms with E-state index in [1.807, 2.05) is 0 Å². The van der Waals surface area contributed by atoms with E-state index in [1.54, 1.807) is 51.1 Å². The SMILES string of the molecule is CO[C@@H]1[C@H](O)[C@@H](O)[C@H](Oc2ccc3c(O)c(NC(=O)COc4ccccc4)c(=O)oc3c2C)OC1(C)C. The number of rotatable bonds is 7. The lowest BCUT2D eigenvalue weighted by molar-refractivity contribution is -0.306. The number of fused-ring (bicyclic) bond motifs is 1. The lowest BCUT2D eigenvalue weighted by Crippen LogP contribution is -2.63. The number of hydrogen-bond acceptors (Lipinski definition) is 10. The van der Waals surface area contributed by atoms with Crippen LogP contribution >= 0.6 is 0 Å². The quantitative estimate of drug-likeness (QED) is 0.344. The summed E-state index contributed by atoms with van der Waals surface area (Å²) in [7, 11) is 1.40. The molecule has 1 amide bonds. The molecule has 0 aliphatic carbocycles. The van der Waals surface area contributed by atoms with Gasteiger partial charge in [0.1, 0.15) is 35.4 Å². The van der Waals surface area contributed by atoms with Crippen LogP contribution in [-0.2, 0) is 14.3 Å². The predicted molar refractivity (Wildman–Crippen MR) is 132 cm³/mol. The minimum atomic E-state index is -1.43. The zero-order valence-electron chi connectivity index (χ0n) is 20.8. The van der Waals surface area contributed by atoms with Crippen molar-refractivity contribution in [1.82, 2.24) is 0 Å². The Balaban J connectivity index is 1.56. The standard InChI is InChI=1S/C26H29NO10/c1-13-16(35-25-21(31)20(30)23(33-4)26(2,3)37-25)11-10-15-19(29)18(24(32)36-22(13)15)27-17(28)12-34-14-8-6-5-7-9-14/h5-11,20-21,23,25,29-31H,12H2,1-4H3,(H,27,28)/t20-,21-,23-,25-/m1/s1. The average Bonchev–Trinajstić information content (AvgIpc) is 2.86. The fraction of sp³-hybridized carbons (Fsp3) is 0.385. The molecule has 11 heteroatoms. The first-order chi connectivity index (χ1) is 17.5. The summed E-state index contributed by atoms with van der Waals surface area (Å²) < 4.78 is 27.7. The van der Waals surface area contributed by atoms with Crippen molar-refractivity contribution in [2.75, 3.05) is 19.0 Å². The molecule has 0 saturated carbocycles. The van der Waals surface area contributed by atoms with Crippen LogP contribution in [0.15, 0.2) is 51.7 Å². The Morgan fingerprint density at radius 3 is 2.49 bits per heavy atom. The Labute approximate surface area is 212 Å². The Bertz CT molecular complexity index is 1340. The van der Waals surface area contributed by atoms with E-state index in [2.05, 4.69) is 5.32 Å². The highest BCUT2D eigenvalue weighted by Crippen LogP contribution is 2.37. The molecule has 1 saturated heterocycles. The molecule has 37 heavy (non-hydrogen) atoms. The van der Waals surface area contributed by atoms with E-state index >= 15 is 0 Å². The summed E-state index contributed by atoms with van der Waals surface area (Å²) in [5, 5.41) is 34.2. The molecule has 2 aromatic carbocycles. The third-order valence-electron chi connectivity index (χ3n) is 6.17. The highest BCUT2D eigenvalue weighted by atomic mass is 16.7. The summed E-state index contributed by atoms with van der Waals surface area (Å²) in [6, 6.07) is 11.6. The van der Waals surface area contributed by atoms with E-state index in [0.29, 0.717) is 11.3 Å². The third-order valence-corrected chi connectivity index (χ3v) is 6.17. The van der Waals surface area contributed by atoms with Crippen molar-refractivity contribution >= 4 is 22.6 Å². The fourth-order valence-corrected chi connectivity index (χ4v) is 4.28. The second kappa shape index (κ2) is 10.4. The molecule has 4 atom stereocenters. The Hall–Kier alpha value is -3.64. The summed E-state index contributed by atoms with van der Waals surface area (Å²) in [6.07, 6.45) is -4.75. The molecule has 1 fully saturated rings. The molecule has 11 nitrogen and oxygen atoms in total. The van der Waals surface area contributed by atoms with Gasteiger partial charge in [0.2, 0.25) is 6.29 Å². The third kappa shape index (κ3) is 5.25. The molecular weight excluding hydrogens is 486 g/mol. The maximum Gasteiger partial charge on any atom is 0.364 e. The Kier molecular flexibility index (Phi) is 7.42. The van der Waals surface area contributed by atoms with E-state index in [0.717, 1.165) is 0 Å². The maximum absolute atomic E-state index is 12.6. The van der Waals surface area contributed by atoms with Crippen LogP contribution in [-0.4, -0.2) is 65.1 Å². The lowest BCUT2D eigenvalue weighted by Gasteiger charge is -2.46. The number of methoxy groups -OCH3 is 1. The van der Waals surface area contributed by atoms with Gasteiger partial charge in [-0.3, -0.25) is 4.79 Å². The first-order valence-electron chi connectivity index (χ1n) is 11.5. The van der Waals surface area contributed by atoms with Gasteiger partial charge in [-0.2, -0.15) is 0 Å². The molecule has 0 unspecified atom stereocenters. The van der Waals surface area contributed by atoms with Gasteiger partial charge in [0, 0.05) is 12.7 Å². The van der Waals surface area contributed by atoms with Gasteiger partial charge in [0.25, 0.3) is 5.91 Å². The van der Waals surface area contributed by atoms with Crippen LogP contribution < -0.4 is 20.4 Å². The highest BCUT2D eigenvalue weighted by Gasteiger charge is 2.50. The van der Waals surface area contributed by atoms with Gasteiger partial charge in [0.05, 0.1) is 11.0 Å². The molecule has 0 spiro atoms. The van der Waals surface area contributed by atoms with Crippen molar-refractivity contribution in [2.24, 2.45) is 0 Å². The minimum Gasteiger partial charge on any atom is -0.505 e. The molecular formula is C26H29NO10. The summed E-state index contributed by atoms with van der Waals surface area (Å²) in [4.78, 5) is 24.9. The number of carbonyl (C=O) groups excluding carboxylic acids is 1. The molecule has 1 aliphatic heterocycles. The number of anilines is 1. The van der Waals surface area contributed by atoms with E-state index in [-0.39, 0.29) is 23.3 Å². The number of hydrogen-bond donors (Lipinski definition) is 4. The van der Waals surface area contributed by atoms with Crippen molar-refractivity contribution in [3.63, 3.8) is 0 Å². The van der Waals surface area contributed by atoms with E-state index in [9.17, 15) is 24.9 Å². The topological polar surface area (TPSA) is 157 Å². The van der Waals surface area contributed by atoms with Crippen LogP contribution in [0.2, 0.25) is 0 Å². The van der Waals surface area contributed by atoms with Crippen molar-refractivity contribution < 1.29 is 43.5 Å². The number of carbonyl (C=O) groups is 1. The van der Waals surface area contributed by atoms with Crippen molar-refractivity contribution in [3.8, 4) is 17.2 Å². The Morgan fingerprint density at radius 1 is 1.11 bits per heavy atom. The Morgan fingerprint density at radius 2 is 1.81 bits per heavy atom. The second-order valence-corrected chi connectivity index (χ2v) is 9.17. The average molecular weight is 516 g/mol. The van der Waals surface area contributed by atoms with Crippen molar-refractivity contribution in [3.05, 3.63) is 58.4 Å². The summed E-state index contributed by atoms with van der Waals surface area (Å²) in [5.74, 6) is -0.494. The van der Waals surface area contributed by atoms with Crippen molar-refractivity contribution in [2.45, 2.75) is 51.0 Å². The number of aryl methyl sites for hydroxylation is 1. The number of benzene rings is 2. The smallest absolute Gasteiger partial charge is 0.364 e. The number of para-hydroxylation sites is 1. The number of aliphatic hydroxyl groups is 2. The number of aliphatic hydroxyl groups excluding tert-OH is 2. The van der Waals surface area contributed by atoms with Crippen LogP contribution in [0.4, 0.5) is 5.69 Å². The number of nitrogens with one attached hydrogen (secondary N) is 1. The van der Waals surface area contributed by atoms with Gasteiger partial charge in [-0.1, -0.05) is 18.2 Å². The van der Waals surface area contributed by atoms with Crippen molar-refractivity contribution in [1.29, 1.82) is 0 Å². The molecule has 1 aromatic heterocycles. The number of amides is 1. The van der Waals surface area contributed by atoms with Gasteiger partial charge >= 0.3 is 5.63 Å². The molecule has 2 heterocycles. The lowest BCUT2D eigenvalue weighted by atomic mass is 9.89. The monoisotopic (exact) mass is 515 g/mol. The minimum absolute atomic E-state index is 0.0124. The summed E-state index contributed by atoms with van der Waals surface area (Å²) in [6.45, 7) is 4.58. The molecule has 4 rings (SSSR count). The maximum atomic E-state index is 12.6. The van der Waals surface area contributed by atoms with Crippen LogP contribution in [0.1, 0.15) is 19.4 Å². The molecule has 1 aliphatic rings. The first-order valence-corrected chi connectivity index (χ1v) is 11.5. The van der Waals surface area contributed by atoms with E-state index < -0.39 is 53.2 Å². The number of aromatic hydroxyl groups is 1. The molecule has 198 valence electrons. The fourth-order valence-electron chi connectivity index (χ4n) is 4.28. The highest BCUT2D eigenvalue weighted by molar-refractivity contribution is 5.98. The molecule has 0 bridgehead atoms. The number of ether oxygens (including phenoxy) is 4. The van der Waals surface area contributed by atoms with E-state index in [4.69, 9.17) is 23.4 Å². The van der Waals surface area contributed by atoms with E-state index in [1.165, 1.54) is 19.2 Å². The van der Waals surface area contributed by atoms with Gasteiger partial charge in [0.15, 0.2) is 18.0 Å².